The molecule has 2 fully saturated rings. The van der Waals surface area contributed by atoms with E-state index >= 15 is 0 Å². The quantitative estimate of drug-likeness (QED) is 0.462. The Labute approximate surface area is 105 Å². The Morgan fingerprint density at radius 3 is 2.81 bits per heavy atom. The van der Waals surface area contributed by atoms with Crippen LogP contribution in [-0.2, 0) is 0 Å². The summed E-state index contributed by atoms with van der Waals surface area (Å²) in [6.07, 6.45) is 5.38. The van der Waals surface area contributed by atoms with Crippen LogP contribution in [-0.4, -0.2) is 10.6 Å². The fraction of sp³-hybridized carbons (Fsp3) is 0.583. The molecule has 0 aromatic carbocycles. The van der Waals surface area contributed by atoms with Gasteiger partial charge >= 0.3 is 0 Å². The van der Waals surface area contributed by atoms with Crippen molar-refractivity contribution in [1.29, 1.82) is 0 Å². The predicted molar refractivity (Wildman–Crippen MR) is 65.5 cm³/mol. The number of nitrogens with zero attached hydrogens (tertiary/aromatic N) is 1. The van der Waals surface area contributed by atoms with Gasteiger partial charge in [-0.25, -0.2) is 0 Å². The van der Waals surface area contributed by atoms with Gasteiger partial charge in [0.1, 0.15) is 0 Å². The second-order valence-corrected chi connectivity index (χ2v) is 6.43. The van der Waals surface area contributed by atoms with Crippen LogP contribution in [0.3, 0.4) is 0 Å². The maximum Gasteiger partial charge on any atom is 0.251 e. The van der Waals surface area contributed by atoms with E-state index in [2.05, 4.69) is 0 Å². The van der Waals surface area contributed by atoms with E-state index in [0.29, 0.717) is 11.2 Å². The molecular formula is C12H14ClNOS. The summed E-state index contributed by atoms with van der Waals surface area (Å²) in [5.41, 5.74) is 0. The van der Waals surface area contributed by atoms with Gasteiger partial charge in [-0.2, -0.15) is 4.73 Å². The normalized spacial score (nSPS) is 36.8. The molecule has 1 heterocycles. The van der Waals surface area contributed by atoms with E-state index in [1.54, 1.807) is 24.0 Å². The number of pyridine rings is 1. The maximum atomic E-state index is 11.6. The number of halogens is 1. The van der Waals surface area contributed by atoms with Gasteiger partial charge in [0.25, 0.3) is 5.03 Å². The number of rotatable bonds is 2. The van der Waals surface area contributed by atoms with E-state index in [4.69, 9.17) is 11.6 Å². The van der Waals surface area contributed by atoms with Gasteiger partial charge in [-0.3, -0.25) is 0 Å². The van der Waals surface area contributed by atoms with Crippen LogP contribution in [0.2, 0.25) is 0 Å². The largest absolute Gasteiger partial charge is 0.618 e. The molecule has 2 aliphatic carbocycles. The molecule has 2 saturated carbocycles. The van der Waals surface area contributed by atoms with E-state index in [1.807, 2.05) is 12.1 Å². The van der Waals surface area contributed by atoms with Crippen molar-refractivity contribution in [2.45, 2.75) is 34.9 Å². The molecule has 3 rings (SSSR count). The highest BCUT2D eigenvalue weighted by Gasteiger charge is 2.47. The molecule has 4 atom stereocenters. The summed E-state index contributed by atoms with van der Waals surface area (Å²) in [4.78, 5) is 0. The molecule has 0 N–H and O–H groups in total. The van der Waals surface area contributed by atoms with Crippen LogP contribution < -0.4 is 4.73 Å². The van der Waals surface area contributed by atoms with Gasteiger partial charge in [0.05, 0.1) is 0 Å². The Balaban J connectivity index is 1.78. The number of thioether (sulfide) groups is 1. The average molecular weight is 256 g/mol. The van der Waals surface area contributed by atoms with Crippen LogP contribution in [0.25, 0.3) is 0 Å². The molecule has 0 unspecified atom stereocenters. The van der Waals surface area contributed by atoms with Gasteiger partial charge < -0.3 is 5.21 Å². The van der Waals surface area contributed by atoms with Crippen LogP contribution in [0.4, 0.5) is 0 Å². The lowest BCUT2D eigenvalue weighted by Gasteiger charge is -2.24. The van der Waals surface area contributed by atoms with E-state index < -0.39 is 0 Å². The van der Waals surface area contributed by atoms with Crippen molar-refractivity contribution in [2.24, 2.45) is 11.8 Å². The Morgan fingerprint density at radius 1 is 1.31 bits per heavy atom. The number of fused-ring (bicyclic) bond motifs is 2. The highest BCUT2D eigenvalue weighted by atomic mass is 35.5. The molecule has 2 nitrogen and oxygen atoms in total. The molecule has 16 heavy (non-hydrogen) atoms. The van der Waals surface area contributed by atoms with Gasteiger partial charge in [-0.15, -0.1) is 11.6 Å². The lowest BCUT2D eigenvalue weighted by Crippen LogP contribution is -2.32. The minimum absolute atomic E-state index is 0.254. The Bertz CT molecular complexity index is 398. The van der Waals surface area contributed by atoms with Gasteiger partial charge in [0, 0.05) is 22.8 Å². The third-order valence-corrected chi connectivity index (χ3v) is 6.07. The lowest BCUT2D eigenvalue weighted by molar-refractivity contribution is -0.645. The van der Waals surface area contributed by atoms with Gasteiger partial charge in [0.2, 0.25) is 0 Å². The van der Waals surface area contributed by atoms with Crippen molar-refractivity contribution in [2.75, 3.05) is 0 Å². The van der Waals surface area contributed by atoms with Crippen molar-refractivity contribution >= 4 is 23.4 Å². The summed E-state index contributed by atoms with van der Waals surface area (Å²) < 4.78 is 0.945. The molecule has 2 bridgehead atoms. The molecule has 0 saturated heterocycles. The molecule has 1 aromatic heterocycles. The average Bonchev–Trinajstić information content (AvgIpc) is 2.85. The summed E-state index contributed by atoms with van der Waals surface area (Å²) in [6.45, 7) is 0. The number of aromatic nitrogens is 1. The minimum atomic E-state index is 0.254. The van der Waals surface area contributed by atoms with E-state index in [0.717, 1.165) is 15.7 Å². The molecule has 0 radical (unpaired) electrons. The molecule has 1 aromatic rings. The summed E-state index contributed by atoms with van der Waals surface area (Å²) in [5, 5.41) is 13.0. The van der Waals surface area contributed by atoms with Gasteiger partial charge in [0.15, 0.2) is 6.20 Å². The molecule has 0 spiro atoms. The predicted octanol–water partition coefficient (Wildman–Crippen LogP) is 2.82. The smallest absolute Gasteiger partial charge is 0.251 e. The highest BCUT2D eigenvalue weighted by Crippen LogP contribution is 2.52. The third-order valence-electron chi connectivity index (χ3n) is 3.79. The van der Waals surface area contributed by atoms with Crippen LogP contribution in [0.15, 0.2) is 29.4 Å². The minimum Gasteiger partial charge on any atom is -0.618 e. The Morgan fingerprint density at radius 2 is 2.12 bits per heavy atom. The summed E-state index contributed by atoms with van der Waals surface area (Å²) in [5.74, 6) is 1.41. The third kappa shape index (κ3) is 1.70. The molecule has 2 aliphatic rings. The summed E-state index contributed by atoms with van der Waals surface area (Å²) in [7, 11) is 0. The SMILES string of the molecule is [O-][n+]1ccccc1S[C@@H]1[C@H]2CC[C@@H](C2)[C@@H]1Cl. The Kier molecular flexibility index (Phi) is 2.76. The first-order valence-electron chi connectivity index (χ1n) is 5.74. The Hall–Kier alpha value is -0.410. The first kappa shape index (κ1) is 10.7. The zero-order valence-corrected chi connectivity index (χ0v) is 10.5. The zero-order chi connectivity index (χ0) is 11.1. The van der Waals surface area contributed by atoms with Crippen LogP contribution in [0.1, 0.15) is 19.3 Å². The summed E-state index contributed by atoms with van der Waals surface area (Å²) in [6, 6.07) is 5.55. The number of alkyl halides is 1. The topological polar surface area (TPSA) is 26.9 Å². The number of hydrogen-bond acceptors (Lipinski definition) is 2. The van der Waals surface area contributed by atoms with Crippen LogP contribution in [0.5, 0.6) is 0 Å². The number of hydrogen-bond donors (Lipinski definition) is 0. The molecule has 0 amide bonds. The fourth-order valence-electron chi connectivity index (χ4n) is 2.97. The lowest BCUT2D eigenvalue weighted by atomic mass is 10.00. The second kappa shape index (κ2) is 4.11. The standard InChI is InChI=1S/C12H14ClNOS/c13-11-8-4-5-9(7-8)12(11)16-10-3-1-2-6-14(10)15/h1-3,6,8-9,11-12H,4-5,7H2/t8-,9-,11-,12+/m0/s1. The highest BCUT2D eigenvalue weighted by molar-refractivity contribution is 7.99. The van der Waals surface area contributed by atoms with E-state index in [-0.39, 0.29) is 5.38 Å². The van der Waals surface area contributed by atoms with Gasteiger partial charge in [-0.1, -0.05) is 11.8 Å². The maximum absolute atomic E-state index is 11.6. The monoisotopic (exact) mass is 255 g/mol. The zero-order valence-electron chi connectivity index (χ0n) is 8.88. The molecular weight excluding hydrogens is 242 g/mol. The van der Waals surface area contributed by atoms with Crippen LogP contribution >= 0.6 is 23.4 Å². The first-order chi connectivity index (χ1) is 7.75. The molecule has 0 aliphatic heterocycles. The van der Waals surface area contributed by atoms with E-state index in [9.17, 15) is 5.21 Å². The van der Waals surface area contributed by atoms with Crippen molar-refractivity contribution in [1.82, 2.24) is 0 Å². The van der Waals surface area contributed by atoms with Crippen molar-refractivity contribution in [3.05, 3.63) is 29.6 Å². The van der Waals surface area contributed by atoms with Crippen molar-refractivity contribution < 1.29 is 4.73 Å². The fourth-order valence-corrected chi connectivity index (χ4v) is 4.95. The second-order valence-electron chi connectivity index (χ2n) is 4.72. The van der Waals surface area contributed by atoms with Crippen molar-refractivity contribution in [3.63, 3.8) is 0 Å². The molecule has 86 valence electrons. The summed E-state index contributed by atoms with van der Waals surface area (Å²) >= 11 is 8.11. The van der Waals surface area contributed by atoms with Crippen molar-refractivity contribution in [3.8, 4) is 0 Å². The van der Waals surface area contributed by atoms with E-state index in [1.165, 1.54) is 19.3 Å². The van der Waals surface area contributed by atoms with Gasteiger partial charge in [-0.05, 0) is 37.2 Å². The van der Waals surface area contributed by atoms with Crippen LogP contribution in [0, 0.1) is 17.0 Å². The first-order valence-corrected chi connectivity index (χ1v) is 7.06. The molecule has 4 heteroatoms.